The van der Waals surface area contributed by atoms with Gasteiger partial charge in [0.2, 0.25) is 21.8 Å². The predicted molar refractivity (Wildman–Crippen MR) is 117 cm³/mol. The van der Waals surface area contributed by atoms with Crippen molar-refractivity contribution in [1.29, 1.82) is 0 Å². The van der Waals surface area contributed by atoms with Crippen LogP contribution >= 0.6 is 0 Å². The molecule has 166 valence electrons. The van der Waals surface area contributed by atoms with Gasteiger partial charge in [-0.15, -0.1) is 0 Å². The monoisotopic (exact) mass is 436 g/mol. The molecule has 0 unspecified atom stereocenters. The molecule has 9 heteroatoms. The Kier molecular flexibility index (Phi) is 7.36. The van der Waals surface area contributed by atoms with Crippen molar-refractivity contribution in [3.63, 3.8) is 0 Å². The van der Waals surface area contributed by atoms with Gasteiger partial charge >= 0.3 is 0 Å². The van der Waals surface area contributed by atoms with Crippen LogP contribution in [0.3, 0.4) is 0 Å². The smallest absolute Gasteiger partial charge is 0.239 e. The van der Waals surface area contributed by atoms with Gasteiger partial charge in [-0.2, -0.15) is 4.31 Å². The van der Waals surface area contributed by atoms with Crippen molar-refractivity contribution in [2.75, 3.05) is 50.9 Å². The van der Waals surface area contributed by atoms with Crippen molar-refractivity contribution < 1.29 is 18.0 Å². The summed E-state index contributed by atoms with van der Waals surface area (Å²) in [4.78, 5) is 28.8. The molecule has 2 fully saturated rings. The summed E-state index contributed by atoms with van der Waals surface area (Å²) in [6.07, 6.45) is 3.96. The van der Waals surface area contributed by atoms with Crippen molar-refractivity contribution >= 4 is 27.5 Å². The number of fused-ring (bicyclic) bond motifs is 1. The first-order chi connectivity index (χ1) is 14.3. The summed E-state index contributed by atoms with van der Waals surface area (Å²) in [6.45, 7) is 2.04. The molecular weight excluding hydrogens is 404 g/mol. The molecule has 3 rings (SSSR count). The highest BCUT2D eigenvalue weighted by Gasteiger charge is 2.43. The normalized spacial score (nSPS) is 22.5. The summed E-state index contributed by atoms with van der Waals surface area (Å²) in [5.74, 6) is -0.153. The quantitative estimate of drug-likeness (QED) is 0.612. The van der Waals surface area contributed by atoms with Gasteiger partial charge in [0.15, 0.2) is 0 Å². The highest BCUT2D eigenvalue weighted by Crippen LogP contribution is 2.31. The zero-order chi connectivity index (χ0) is 21.7. The summed E-state index contributed by atoms with van der Waals surface area (Å²) in [6, 6.07) is 9.83. The lowest BCUT2D eigenvalue weighted by atomic mass is 9.98. The predicted octanol–water partition coefficient (Wildman–Crippen LogP) is 0.902. The van der Waals surface area contributed by atoms with E-state index >= 15 is 0 Å². The summed E-state index contributed by atoms with van der Waals surface area (Å²) in [7, 11) is -1.29. The van der Waals surface area contributed by atoms with Crippen molar-refractivity contribution in [2.45, 2.75) is 31.7 Å². The van der Waals surface area contributed by atoms with E-state index in [9.17, 15) is 18.0 Å². The Morgan fingerprint density at radius 2 is 1.97 bits per heavy atom. The number of hydrogen-bond acceptors (Lipinski definition) is 5. The number of carbonyl (C=O) groups excluding carboxylic acids is 2. The van der Waals surface area contributed by atoms with Crippen LogP contribution in [0.2, 0.25) is 0 Å². The minimum Gasteiger partial charge on any atom is -0.375 e. The summed E-state index contributed by atoms with van der Waals surface area (Å²) >= 11 is 0. The largest absolute Gasteiger partial charge is 0.375 e. The lowest BCUT2D eigenvalue weighted by molar-refractivity contribution is -0.138. The molecule has 1 aromatic rings. The fourth-order valence-corrected chi connectivity index (χ4v) is 5.22. The van der Waals surface area contributed by atoms with E-state index in [2.05, 4.69) is 10.2 Å². The number of nitrogens with zero attached hydrogens (tertiary/aromatic N) is 3. The van der Waals surface area contributed by atoms with E-state index in [1.165, 1.54) is 10.6 Å². The standard InChI is InChI=1S/C21H32N4O4S/c1-23(18-9-4-3-5-10-18)13-7-12-22-20(26)16-25-19-15-24(30(2,28)29)14-17(19)8-6-11-21(25)27/h3-5,9-10,17,19H,6-8,11-16H2,1-2H3,(H,22,26)/t17-,19+/m1/s1. The Balaban J connectivity index is 1.49. The van der Waals surface area contributed by atoms with Gasteiger partial charge in [0.25, 0.3) is 0 Å². The molecule has 2 atom stereocenters. The van der Waals surface area contributed by atoms with Gasteiger partial charge in [-0.25, -0.2) is 8.42 Å². The maximum absolute atomic E-state index is 12.6. The van der Waals surface area contributed by atoms with Crippen molar-refractivity contribution in [1.82, 2.24) is 14.5 Å². The van der Waals surface area contributed by atoms with Gasteiger partial charge in [0, 0.05) is 45.3 Å². The van der Waals surface area contributed by atoms with Gasteiger partial charge in [-0.05, 0) is 37.3 Å². The van der Waals surface area contributed by atoms with Gasteiger partial charge < -0.3 is 15.1 Å². The molecule has 2 aliphatic rings. The maximum Gasteiger partial charge on any atom is 0.239 e. The van der Waals surface area contributed by atoms with Crippen LogP contribution in [0.1, 0.15) is 25.7 Å². The average Bonchev–Trinajstić information content (AvgIpc) is 3.08. The lowest BCUT2D eigenvalue weighted by Crippen LogP contribution is -2.48. The second-order valence-corrected chi connectivity index (χ2v) is 10.3. The molecule has 0 saturated carbocycles. The first kappa shape index (κ1) is 22.6. The number of para-hydroxylation sites is 1. The molecule has 0 aromatic heterocycles. The number of carbonyl (C=O) groups is 2. The van der Waals surface area contributed by atoms with Crippen LogP contribution in [-0.2, 0) is 19.6 Å². The zero-order valence-corrected chi connectivity index (χ0v) is 18.6. The first-order valence-electron chi connectivity index (χ1n) is 10.5. The molecule has 0 spiro atoms. The highest BCUT2D eigenvalue weighted by molar-refractivity contribution is 7.88. The van der Waals surface area contributed by atoms with E-state index < -0.39 is 10.0 Å². The second-order valence-electron chi connectivity index (χ2n) is 8.28. The van der Waals surface area contributed by atoms with Crippen LogP contribution < -0.4 is 10.2 Å². The number of benzene rings is 1. The number of likely N-dealkylation sites (tertiary alicyclic amines) is 1. The van der Waals surface area contributed by atoms with E-state index in [4.69, 9.17) is 0 Å². The summed E-state index contributed by atoms with van der Waals surface area (Å²) < 4.78 is 25.3. The number of anilines is 1. The Morgan fingerprint density at radius 1 is 1.23 bits per heavy atom. The SMILES string of the molecule is CN(CCCNC(=O)CN1C(=O)CCC[C@@H]2CN(S(C)(=O)=O)C[C@@H]21)c1ccccc1. The number of hydrogen-bond donors (Lipinski definition) is 1. The van der Waals surface area contributed by atoms with Gasteiger partial charge in [-0.3, -0.25) is 9.59 Å². The van der Waals surface area contributed by atoms with Crippen LogP contribution in [0.4, 0.5) is 5.69 Å². The lowest BCUT2D eigenvalue weighted by Gasteiger charge is -2.29. The molecule has 1 aromatic carbocycles. The van der Waals surface area contributed by atoms with Crippen molar-refractivity contribution in [3.05, 3.63) is 30.3 Å². The second kappa shape index (κ2) is 9.78. The Morgan fingerprint density at radius 3 is 2.67 bits per heavy atom. The van der Waals surface area contributed by atoms with Crippen LogP contribution in [-0.4, -0.2) is 81.5 Å². The third-order valence-electron chi connectivity index (χ3n) is 6.03. The third kappa shape index (κ3) is 5.72. The minimum atomic E-state index is -3.30. The van der Waals surface area contributed by atoms with Gasteiger partial charge in [0.05, 0.1) is 18.8 Å². The molecule has 2 saturated heterocycles. The van der Waals surface area contributed by atoms with Gasteiger partial charge in [-0.1, -0.05) is 18.2 Å². The number of sulfonamides is 1. The van der Waals surface area contributed by atoms with Gasteiger partial charge in [0.1, 0.15) is 0 Å². The topological polar surface area (TPSA) is 90.0 Å². The Labute approximate surface area is 179 Å². The van der Waals surface area contributed by atoms with Crippen LogP contribution in [0.25, 0.3) is 0 Å². The third-order valence-corrected chi connectivity index (χ3v) is 7.27. The van der Waals surface area contributed by atoms with E-state index in [1.807, 2.05) is 37.4 Å². The molecule has 1 N–H and O–H groups in total. The number of nitrogens with one attached hydrogen (secondary N) is 1. The molecule has 2 amide bonds. The Hall–Kier alpha value is -2.13. The molecule has 2 aliphatic heterocycles. The first-order valence-corrected chi connectivity index (χ1v) is 12.4. The van der Waals surface area contributed by atoms with E-state index in [0.29, 0.717) is 19.5 Å². The maximum atomic E-state index is 12.6. The Bertz CT molecular complexity index is 846. The molecule has 0 radical (unpaired) electrons. The van der Waals surface area contributed by atoms with E-state index in [0.717, 1.165) is 31.5 Å². The fourth-order valence-electron chi connectivity index (χ4n) is 4.34. The van der Waals surface area contributed by atoms with Crippen molar-refractivity contribution in [3.8, 4) is 0 Å². The minimum absolute atomic E-state index is 0.00781. The highest BCUT2D eigenvalue weighted by atomic mass is 32.2. The number of rotatable bonds is 8. The molecular formula is C21H32N4O4S. The van der Waals surface area contributed by atoms with E-state index in [-0.39, 0.29) is 36.9 Å². The average molecular weight is 437 g/mol. The molecule has 30 heavy (non-hydrogen) atoms. The van der Waals surface area contributed by atoms with Crippen LogP contribution in [0.5, 0.6) is 0 Å². The fraction of sp³-hybridized carbons (Fsp3) is 0.619. The summed E-state index contributed by atoms with van der Waals surface area (Å²) in [5, 5.41) is 2.91. The van der Waals surface area contributed by atoms with E-state index in [1.54, 1.807) is 4.90 Å². The molecule has 0 bridgehead atoms. The van der Waals surface area contributed by atoms with Crippen LogP contribution in [0.15, 0.2) is 30.3 Å². The zero-order valence-electron chi connectivity index (χ0n) is 17.8. The summed E-state index contributed by atoms with van der Waals surface area (Å²) in [5.41, 5.74) is 1.13. The van der Waals surface area contributed by atoms with Crippen LogP contribution in [0, 0.1) is 5.92 Å². The van der Waals surface area contributed by atoms with Crippen molar-refractivity contribution in [2.24, 2.45) is 5.92 Å². The molecule has 2 heterocycles. The molecule has 0 aliphatic carbocycles. The molecule has 8 nitrogen and oxygen atoms in total. The number of amides is 2.